The molecule has 0 saturated carbocycles. The fourth-order valence-corrected chi connectivity index (χ4v) is 2.18. The standard InChI is InChI=1S/C18H14BrF3N2O2/c19-14-6-1-12(2-7-14)5-10-16(25)24-15-8-3-13(4-9-15)11-23-17(26)18(20,21)22/h1-10H,11H2,(H,23,26)(H,24,25)/b10-5+. The van der Waals surface area contributed by atoms with E-state index in [1.54, 1.807) is 23.5 Å². The van der Waals surface area contributed by atoms with E-state index in [4.69, 9.17) is 0 Å². The minimum Gasteiger partial charge on any atom is -0.344 e. The molecule has 2 aromatic rings. The van der Waals surface area contributed by atoms with Gasteiger partial charge in [0.05, 0.1) is 0 Å². The maximum atomic E-state index is 12.1. The van der Waals surface area contributed by atoms with Gasteiger partial charge >= 0.3 is 12.1 Å². The van der Waals surface area contributed by atoms with Crippen LogP contribution in [-0.4, -0.2) is 18.0 Å². The highest BCUT2D eigenvalue weighted by Gasteiger charge is 2.38. The molecule has 0 spiro atoms. The number of carbonyl (C=O) groups is 2. The Balaban J connectivity index is 1.87. The van der Waals surface area contributed by atoms with Gasteiger partial charge < -0.3 is 10.6 Å². The summed E-state index contributed by atoms with van der Waals surface area (Å²) in [6.07, 6.45) is -1.88. The molecule has 8 heteroatoms. The zero-order valence-corrected chi connectivity index (χ0v) is 14.9. The van der Waals surface area contributed by atoms with E-state index in [0.717, 1.165) is 10.0 Å². The summed E-state index contributed by atoms with van der Waals surface area (Å²) in [5, 5.41) is 4.41. The Bertz CT molecular complexity index is 801. The van der Waals surface area contributed by atoms with E-state index < -0.39 is 12.1 Å². The monoisotopic (exact) mass is 426 g/mol. The van der Waals surface area contributed by atoms with Crippen LogP contribution in [0.2, 0.25) is 0 Å². The van der Waals surface area contributed by atoms with E-state index in [1.807, 2.05) is 24.3 Å². The maximum Gasteiger partial charge on any atom is 0.471 e. The molecule has 0 aromatic heterocycles. The van der Waals surface area contributed by atoms with Gasteiger partial charge in [-0.15, -0.1) is 0 Å². The summed E-state index contributed by atoms with van der Waals surface area (Å²) in [4.78, 5) is 22.6. The average Bonchev–Trinajstić information content (AvgIpc) is 2.59. The Morgan fingerprint density at radius 2 is 1.62 bits per heavy atom. The lowest BCUT2D eigenvalue weighted by molar-refractivity contribution is -0.173. The molecule has 0 aliphatic rings. The van der Waals surface area contributed by atoms with Crippen LogP contribution in [0.15, 0.2) is 59.1 Å². The first kappa shape index (κ1) is 19.7. The Kier molecular flexibility index (Phi) is 6.57. The first-order valence-corrected chi connectivity index (χ1v) is 8.22. The average molecular weight is 427 g/mol. The largest absolute Gasteiger partial charge is 0.471 e. The van der Waals surface area contributed by atoms with Crippen molar-refractivity contribution in [2.24, 2.45) is 0 Å². The molecule has 2 amide bonds. The number of rotatable bonds is 5. The summed E-state index contributed by atoms with van der Waals surface area (Å²) in [6.45, 7) is -0.254. The molecule has 0 fully saturated rings. The quantitative estimate of drug-likeness (QED) is 0.701. The van der Waals surface area contributed by atoms with Gasteiger partial charge in [-0.25, -0.2) is 0 Å². The summed E-state index contributed by atoms with van der Waals surface area (Å²) >= 11 is 3.32. The number of benzene rings is 2. The first-order valence-electron chi connectivity index (χ1n) is 7.42. The Morgan fingerprint density at radius 3 is 2.19 bits per heavy atom. The van der Waals surface area contributed by atoms with Gasteiger partial charge in [0.15, 0.2) is 0 Å². The van der Waals surface area contributed by atoms with E-state index in [2.05, 4.69) is 21.2 Å². The highest BCUT2D eigenvalue weighted by molar-refractivity contribution is 9.10. The third-order valence-corrected chi connectivity index (χ3v) is 3.76. The highest BCUT2D eigenvalue weighted by Crippen LogP contribution is 2.15. The molecule has 2 aromatic carbocycles. The maximum absolute atomic E-state index is 12.1. The van der Waals surface area contributed by atoms with E-state index >= 15 is 0 Å². The Labute approximate surface area is 156 Å². The molecule has 2 rings (SSSR count). The van der Waals surface area contributed by atoms with Crippen LogP contribution in [-0.2, 0) is 16.1 Å². The van der Waals surface area contributed by atoms with Gasteiger partial charge in [0.2, 0.25) is 5.91 Å². The third-order valence-electron chi connectivity index (χ3n) is 3.23. The molecule has 0 radical (unpaired) electrons. The van der Waals surface area contributed by atoms with Crippen molar-refractivity contribution < 1.29 is 22.8 Å². The molecule has 0 saturated heterocycles. The minimum absolute atomic E-state index is 0.254. The number of halogens is 4. The van der Waals surface area contributed by atoms with Crippen LogP contribution in [0.5, 0.6) is 0 Å². The molecule has 26 heavy (non-hydrogen) atoms. The van der Waals surface area contributed by atoms with E-state index in [0.29, 0.717) is 11.3 Å². The molecule has 0 unspecified atom stereocenters. The fraction of sp³-hybridized carbons (Fsp3) is 0.111. The Morgan fingerprint density at radius 1 is 1.00 bits per heavy atom. The molecule has 0 atom stereocenters. The highest BCUT2D eigenvalue weighted by atomic mass is 79.9. The molecule has 0 aliphatic heterocycles. The summed E-state index contributed by atoms with van der Waals surface area (Å²) in [6, 6.07) is 13.5. The van der Waals surface area contributed by atoms with Crippen molar-refractivity contribution in [3.63, 3.8) is 0 Å². The van der Waals surface area contributed by atoms with Crippen LogP contribution in [0.1, 0.15) is 11.1 Å². The molecular formula is C18H14BrF3N2O2. The zero-order valence-electron chi connectivity index (χ0n) is 13.3. The number of anilines is 1. The van der Waals surface area contributed by atoms with Gasteiger partial charge in [-0.2, -0.15) is 13.2 Å². The van der Waals surface area contributed by atoms with E-state index in [9.17, 15) is 22.8 Å². The summed E-state index contributed by atoms with van der Waals surface area (Å²) < 4.78 is 37.3. The zero-order chi connectivity index (χ0) is 19.2. The summed E-state index contributed by atoms with van der Waals surface area (Å²) in [5.41, 5.74) is 1.83. The predicted octanol–water partition coefficient (Wildman–Crippen LogP) is 4.28. The molecule has 0 bridgehead atoms. The van der Waals surface area contributed by atoms with Gasteiger partial charge in [0.25, 0.3) is 0 Å². The van der Waals surface area contributed by atoms with Gasteiger partial charge in [0, 0.05) is 22.8 Å². The van der Waals surface area contributed by atoms with Crippen molar-refractivity contribution in [1.82, 2.24) is 5.32 Å². The van der Waals surface area contributed by atoms with Gasteiger partial charge in [-0.05, 0) is 41.5 Å². The number of carbonyl (C=O) groups excluding carboxylic acids is 2. The van der Waals surface area contributed by atoms with Crippen LogP contribution in [0.3, 0.4) is 0 Å². The molecule has 0 heterocycles. The fourth-order valence-electron chi connectivity index (χ4n) is 1.92. The third kappa shape index (κ3) is 6.36. The van der Waals surface area contributed by atoms with Crippen LogP contribution >= 0.6 is 15.9 Å². The van der Waals surface area contributed by atoms with E-state index in [1.165, 1.54) is 18.2 Å². The van der Waals surface area contributed by atoms with Gasteiger partial charge in [-0.3, -0.25) is 9.59 Å². The molecule has 4 nitrogen and oxygen atoms in total. The second-order valence-electron chi connectivity index (χ2n) is 5.25. The number of hydrogen-bond acceptors (Lipinski definition) is 2. The van der Waals surface area contributed by atoms with Gasteiger partial charge in [-0.1, -0.05) is 40.2 Å². The topological polar surface area (TPSA) is 58.2 Å². The lowest BCUT2D eigenvalue weighted by Crippen LogP contribution is -2.36. The number of nitrogens with one attached hydrogen (secondary N) is 2. The van der Waals surface area contributed by atoms with Crippen LogP contribution in [0, 0.1) is 0 Å². The molecule has 136 valence electrons. The van der Waals surface area contributed by atoms with Crippen LogP contribution in [0.25, 0.3) is 6.08 Å². The second kappa shape index (κ2) is 8.66. The smallest absolute Gasteiger partial charge is 0.344 e. The lowest BCUT2D eigenvalue weighted by atomic mass is 10.2. The minimum atomic E-state index is -4.91. The number of hydrogen-bond donors (Lipinski definition) is 2. The van der Waals surface area contributed by atoms with Crippen LogP contribution in [0.4, 0.5) is 18.9 Å². The predicted molar refractivity (Wildman–Crippen MR) is 96.1 cm³/mol. The molecular weight excluding hydrogens is 413 g/mol. The van der Waals surface area contributed by atoms with Crippen molar-refractivity contribution in [2.75, 3.05) is 5.32 Å². The molecule has 0 aliphatic carbocycles. The van der Waals surface area contributed by atoms with E-state index in [-0.39, 0.29) is 12.5 Å². The van der Waals surface area contributed by atoms with Crippen molar-refractivity contribution in [2.45, 2.75) is 12.7 Å². The SMILES string of the molecule is O=C(/C=C/c1ccc(Br)cc1)Nc1ccc(CNC(=O)C(F)(F)F)cc1. The van der Waals surface area contributed by atoms with Gasteiger partial charge in [0.1, 0.15) is 0 Å². The van der Waals surface area contributed by atoms with Crippen LogP contribution < -0.4 is 10.6 Å². The van der Waals surface area contributed by atoms with Crippen molar-refractivity contribution in [3.05, 3.63) is 70.2 Å². The number of amides is 2. The summed E-state index contributed by atoms with van der Waals surface area (Å²) in [7, 11) is 0. The lowest BCUT2D eigenvalue weighted by Gasteiger charge is -2.08. The van der Waals surface area contributed by atoms with Crippen molar-refractivity contribution >= 4 is 39.5 Å². The van der Waals surface area contributed by atoms with Crippen molar-refractivity contribution in [3.8, 4) is 0 Å². The molecule has 2 N–H and O–H groups in total. The number of alkyl halides is 3. The Hall–Kier alpha value is -2.61. The summed E-state index contributed by atoms with van der Waals surface area (Å²) in [5.74, 6) is -2.33. The van der Waals surface area contributed by atoms with Crippen molar-refractivity contribution in [1.29, 1.82) is 0 Å². The normalized spacial score (nSPS) is 11.4. The first-order chi connectivity index (χ1) is 12.2. The second-order valence-corrected chi connectivity index (χ2v) is 6.17.